The van der Waals surface area contributed by atoms with Crippen LogP contribution in [0, 0.1) is 5.82 Å². The summed E-state index contributed by atoms with van der Waals surface area (Å²) in [5.74, 6) is 2.29. The van der Waals surface area contributed by atoms with Crippen molar-refractivity contribution in [1.82, 2.24) is 15.0 Å². The summed E-state index contributed by atoms with van der Waals surface area (Å²) in [6, 6.07) is 6.78. The Kier molecular flexibility index (Phi) is 6.04. The highest BCUT2D eigenvalue weighted by Gasteiger charge is 2.25. The van der Waals surface area contributed by atoms with E-state index in [9.17, 15) is 4.39 Å². The van der Waals surface area contributed by atoms with E-state index in [4.69, 9.17) is 15.0 Å². The van der Waals surface area contributed by atoms with Crippen LogP contribution in [0.1, 0.15) is 38.5 Å². The summed E-state index contributed by atoms with van der Waals surface area (Å²) < 4.78 is 13.3. The van der Waals surface area contributed by atoms with E-state index in [0.29, 0.717) is 0 Å². The third-order valence-corrected chi connectivity index (χ3v) is 6.63. The van der Waals surface area contributed by atoms with E-state index in [0.717, 1.165) is 75.9 Å². The van der Waals surface area contributed by atoms with Crippen LogP contribution in [0.5, 0.6) is 0 Å². The second kappa shape index (κ2) is 9.24. The number of hydrogen-bond acceptors (Lipinski definition) is 7. The van der Waals surface area contributed by atoms with Crippen LogP contribution in [0.4, 0.5) is 27.9 Å². The number of anilines is 4. The molecule has 3 aliphatic rings. The molecule has 7 nitrogen and oxygen atoms in total. The first-order valence-electron chi connectivity index (χ1n) is 11.8. The van der Waals surface area contributed by atoms with Gasteiger partial charge in [0.2, 0.25) is 17.8 Å². The van der Waals surface area contributed by atoms with Gasteiger partial charge < -0.3 is 19.6 Å². The fourth-order valence-electron chi connectivity index (χ4n) is 4.77. The molecule has 3 saturated heterocycles. The molecular weight excluding hydrogens is 393 g/mol. The third kappa shape index (κ3) is 4.67. The fourth-order valence-corrected chi connectivity index (χ4v) is 4.77. The molecule has 4 heterocycles. The quantitative estimate of drug-likeness (QED) is 0.745. The lowest BCUT2D eigenvalue weighted by Gasteiger charge is -2.37. The highest BCUT2D eigenvalue weighted by atomic mass is 19.1. The molecule has 0 aliphatic carbocycles. The molecule has 3 fully saturated rings. The Balaban J connectivity index is 1.35. The molecule has 0 spiro atoms. The normalized spacial score (nSPS) is 20.3. The molecule has 31 heavy (non-hydrogen) atoms. The van der Waals surface area contributed by atoms with Crippen molar-refractivity contribution in [2.75, 3.05) is 72.0 Å². The van der Waals surface area contributed by atoms with Crippen LogP contribution in [-0.2, 0) is 0 Å². The first kappa shape index (κ1) is 20.3. The van der Waals surface area contributed by atoms with Crippen molar-refractivity contribution >= 4 is 23.5 Å². The largest absolute Gasteiger partial charge is 0.368 e. The maximum atomic E-state index is 13.3. The topological polar surface area (TPSA) is 51.6 Å². The number of piperazine rings is 1. The Hall–Kier alpha value is -2.64. The molecule has 1 aromatic carbocycles. The lowest BCUT2D eigenvalue weighted by Crippen LogP contribution is -2.47. The summed E-state index contributed by atoms with van der Waals surface area (Å²) >= 11 is 0. The maximum absolute atomic E-state index is 13.3. The van der Waals surface area contributed by atoms with Crippen LogP contribution in [0.25, 0.3) is 0 Å². The van der Waals surface area contributed by atoms with Gasteiger partial charge in [0.05, 0.1) is 0 Å². The van der Waals surface area contributed by atoms with Gasteiger partial charge in [-0.1, -0.05) is 0 Å². The van der Waals surface area contributed by atoms with E-state index in [2.05, 4.69) is 19.6 Å². The number of hydrogen-bond donors (Lipinski definition) is 0. The summed E-state index contributed by atoms with van der Waals surface area (Å²) in [5.41, 5.74) is 1.07. The number of aromatic nitrogens is 3. The molecule has 166 valence electrons. The van der Waals surface area contributed by atoms with Crippen molar-refractivity contribution in [2.45, 2.75) is 38.5 Å². The first-order chi connectivity index (χ1) is 15.3. The zero-order valence-electron chi connectivity index (χ0n) is 18.2. The minimum atomic E-state index is -0.192. The van der Waals surface area contributed by atoms with Gasteiger partial charge in [-0.2, -0.15) is 15.0 Å². The monoisotopic (exact) mass is 425 g/mol. The number of rotatable bonds is 4. The molecule has 5 rings (SSSR count). The Labute approximate surface area is 183 Å². The summed E-state index contributed by atoms with van der Waals surface area (Å²) in [7, 11) is 0. The van der Waals surface area contributed by atoms with E-state index in [1.165, 1.54) is 50.7 Å². The Morgan fingerprint density at radius 1 is 0.484 bits per heavy atom. The Morgan fingerprint density at radius 3 is 1.32 bits per heavy atom. The van der Waals surface area contributed by atoms with Crippen molar-refractivity contribution in [2.24, 2.45) is 0 Å². The van der Waals surface area contributed by atoms with Crippen LogP contribution < -0.4 is 19.6 Å². The van der Waals surface area contributed by atoms with Gasteiger partial charge in [0, 0.05) is 58.0 Å². The van der Waals surface area contributed by atoms with Crippen LogP contribution >= 0.6 is 0 Å². The molecule has 1 aromatic heterocycles. The Bertz CT molecular complexity index is 818. The first-order valence-corrected chi connectivity index (χ1v) is 11.8. The van der Waals surface area contributed by atoms with Crippen LogP contribution in [0.2, 0.25) is 0 Å². The standard InChI is InChI=1S/C23H32FN7/c24-19-7-9-20(10-8-19)28-15-17-31(18-16-28)23-26-21(29-11-3-1-4-12-29)25-22(27-23)30-13-5-2-6-14-30/h7-10H,1-6,11-18H2. The van der Waals surface area contributed by atoms with Gasteiger partial charge in [0.15, 0.2) is 0 Å². The summed E-state index contributed by atoms with van der Waals surface area (Å²) in [5, 5.41) is 0. The molecule has 8 heteroatoms. The van der Waals surface area contributed by atoms with Gasteiger partial charge in [-0.3, -0.25) is 0 Å². The highest BCUT2D eigenvalue weighted by Crippen LogP contribution is 2.25. The van der Waals surface area contributed by atoms with Crippen LogP contribution in [0.15, 0.2) is 24.3 Å². The lowest BCUT2D eigenvalue weighted by molar-refractivity contribution is 0.553. The van der Waals surface area contributed by atoms with Gasteiger partial charge >= 0.3 is 0 Å². The van der Waals surface area contributed by atoms with Crippen molar-refractivity contribution < 1.29 is 4.39 Å². The van der Waals surface area contributed by atoms with Crippen molar-refractivity contribution in [3.8, 4) is 0 Å². The number of benzene rings is 1. The minimum absolute atomic E-state index is 0.192. The molecule has 2 aromatic rings. The van der Waals surface area contributed by atoms with Crippen LogP contribution in [0.3, 0.4) is 0 Å². The fraction of sp³-hybridized carbons (Fsp3) is 0.609. The minimum Gasteiger partial charge on any atom is -0.368 e. The SMILES string of the molecule is Fc1ccc(N2CCN(c3nc(N4CCCCC4)nc(N4CCCCC4)n3)CC2)cc1. The number of halogens is 1. The van der Waals surface area contributed by atoms with Gasteiger partial charge in [0.25, 0.3) is 0 Å². The lowest BCUT2D eigenvalue weighted by atomic mass is 10.1. The summed E-state index contributed by atoms with van der Waals surface area (Å²) in [6.07, 6.45) is 7.40. The van der Waals surface area contributed by atoms with Gasteiger partial charge in [-0.05, 0) is 62.8 Å². The predicted octanol–water partition coefficient (Wildman–Crippen LogP) is 3.32. The molecule has 0 unspecified atom stereocenters. The van der Waals surface area contributed by atoms with Crippen LogP contribution in [-0.4, -0.2) is 67.3 Å². The zero-order chi connectivity index (χ0) is 21.0. The average Bonchev–Trinajstić information content (AvgIpc) is 2.85. The van der Waals surface area contributed by atoms with E-state index < -0.39 is 0 Å². The van der Waals surface area contributed by atoms with E-state index >= 15 is 0 Å². The second-order valence-electron chi connectivity index (χ2n) is 8.78. The molecule has 0 radical (unpaired) electrons. The Morgan fingerprint density at radius 2 is 0.871 bits per heavy atom. The van der Waals surface area contributed by atoms with Crippen molar-refractivity contribution in [3.63, 3.8) is 0 Å². The van der Waals surface area contributed by atoms with E-state index in [1.54, 1.807) is 0 Å². The summed E-state index contributed by atoms with van der Waals surface area (Å²) in [6.45, 7) is 7.55. The predicted molar refractivity (Wildman–Crippen MR) is 123 cm³/mol. The van der Waals surface area contributed by atoms with Gasteiger partial charge in [-0.15, -0.1) is 0 Å². The number of piperidine rings is 2. The molecule has 0 N–H and O–H groups in total. The molecule has 0 saturated carbocycles. The highest BCUT2D eigenvalue weighted by molar-refractivity contribution is 5.51. The maximum Gasteiger partial charge on any atom is 0.232 e. The molecular formula is C23H32FN7. The number of nitrogens with zero attached hydrogens (tertiary/aromatic N) is 7. The molecule has 3 aliphatic heterocycles. The van der Waals surface area contributed by atoms with Gasteiger partial charge in [0.1, 0.15) is 5.82 Å². The molecule has 0 atom stereocenters. The smallest absolute Gasteiger partial charge is 0.232 e. The second-order valence-corrected chi connectivity index (χ2v) is 8.78. The molecule has 0 bridgehead atoms. The zero-order valence-corrected chi connectivity index (χ0v) is 18.2. The van der Waals surface area contributed by atoms with Crippen molar-refractivity contribution in [1.29, 1.82) is 0 Å². The van der Waals surface area contributed by atoms with Gasteiger partial charge in [-0.25, -0.2) is 4.39 Å². The van der Waals surface area contributed by atoms with E-state index in [-0.39, 0.29) is 5.82 Å². The average molecular weight is 426 g/mol. The molecule has 0 amide bonds. The summed E-state index contributed by atoms with van der Waals surface area (Å²) in [4.78, 5) is 24.0. The third-order valence-electron chi connectivity index (χ3n) is 6.63. The van der Waals surface area contributed by atoms with E-state index in [1.807, 2.05) is 12.1 Å². The van der Waals surface area contributed by atoms with Crippen molar-refractivity contribution in [3.05, 3.63) is 30.1 Å².